The Labute approximate surface area is 159 Å². The molecule has 1 N–H and O–H groups in total. The summed E-state index contributed by atoms with van der Waals surface area (Å²) in [6.07, 6.45) is 3.07. The molecule has 7 heteroatoms. The van der Waals surface area contributed by atoms with Gasteiger partial charge in [0.25, 0.3) is 0 Å². The Kier molecular flexibility index (Phi) is 6.73. The number of carbonyl (C=O) groups is 1. The zero-order chi connectivity index (χ0) is 18.4. The van der Waals surface area contributed by atoms with Crippen LogP contribution in [-0.4, -0.2) is 27.2 Å². The van der Waals surface area contributed by atoms with Gasteiger partial charge in [-0.05, 0) is 30.3 Å². The zero-order valence-electron chi connectivity index (χ0n) is 13.9. The molecule has 0 aliphatic rings. The van der Waals surface area contributed by atoms with Crippen LogP contribution in [-0.2, 0) is 4.79 Å². The first kappa shape index (κ1) is 19.1. The van der Waals surface area contributed by atoms with E-state index in [0.29, 0.717) is 28.0 Å². The minimum Gasteiger partial charge on any atom is -0.496 e. The molecule has 0 saturated carbocycles. The number of carbonyl (C=O) groups excluding carboxylic acids is 1. The van der Waals surface area contributed by atoms with E-state index in [9.17, 15) is 4.79 Å². The highest BCUT2D eigenvalue weighted by molar-refractivity contribution is 9.10. The molecule has 0 aliphatic heterocycles. The lowest BCUT2D eigenvalue weighted by Gasteiger charge is -2.12. The second-order valence-corrected chi connectivity index (χ2v) is 6.22. The van der Waals surface area contributed by atoms with Crippen LogP contribution in [0.5, 0.6) is 17.2 Å². The van der Waals surface area contributed by atoms with E-state index < -0.39 is 0 Å². The molecule has 0 atom stereocenters. The van der Waals surface area contributed by atoms with Crippen LogP contribution in [0.3, 0.4) is 0 Å². The van der Waals surface area contributed by atoms with Gasteiger partial charge in [-0.15, -0.1) is 0 Å². The normalized spacial score (nSPS) is 10.6. The van der Waals surface area contributed by atoms with E-state index in [-0.39, 0.29) is 5.91 Å². The van der Waals surface area contributed by atoms with Crippen molar-refractivity contribution >= 4 is 45.2 Å². The third-order valence-electron chi connectivity index (χ3n) is 3.34. The van der Waals surface area contributed by atoms with Crippen LogP contribution in [0.1, 0.15) is 5.56 Å². The van der Waals surface area contributed by atoms with E-state index in [1.807, 2.05) is 18.2 Å². The average Bonchev–Trinajstić information content (AvgIpc) is 2.60. The molecule has 0 bridgehead atoms. The summed E-state index contributed by atoms with van der Waals surface area (Å²) >= 11 is 9.49. The van der Waals surface area contributed by atoms with Gasteiger partial charge in [0.05, 0.1) is 32.0 Å². The Morgan fingerprint density at radius 3 is 2.36 bits per heavy atom. The van der Waals surface area contributed by atoms with Gasteiger partial charge in [-0.2, -0.15) is 0 Å². The van der Waals surface area contributed by atoms with Crippen molar-refractivity contribution in [1.82, 2.24) is 0 Å². The van der Waals surface area contributed by atoms with E-state index in [2.05, 4.69) is 21.2 Å². The smallest absolute Gasteiger partial charge is 0.248 e. The minimum absolute atomic E-state index is 0.332. The number of anilines is 1. The summed E-state index contributed by atoms with van der Waals surface area (Å²) in [6, 6.07) is 8.71. The SMILES string of the molecule is COc1cc(OC)c(NC(=O)/C=C/c2cc(Br)ccc2OC)cc1Cl. The van der Waals surface area contributed by atoms with Crippen LogP contribution >= 0.6 is 27.5 Å². The van der Waals surface area contributed by atoms with Crippen molar-refractivity contribution in [2.45, 2.75) is 0 Å². The lowest BCUT2D eigenvalue weighted by Crippen LogP contribution is -2.09. The van der Waals surface area contributed by atoms with Crippen molar-refractivity contribution in [1.29, 1.82) is 0 Å². The Bertz CT molecular complexity index is 808. The summed E-state index contributed by atoms with van der Waals surface area (Å²) in [5.74, 6) is 1.24. The van der Waals surface area contributed by atoms with Crippen LogP contribution in [0, 0.1) is 0 Å². The summed E-state index contributed by atoms with van der Waals surface area (Å²) in [7, 11) is 4.58. The standard InChI is InChI=1S/C18H17BrClNO4/c1-23-15-6-5-12(19)8-11(15)4-7-18(22)21-14-9-13(20)16(24-2)10-17(14)25-3/h4-10H,1-3H3,(H,21,22)/b7-4+. The largest absolute Gasteiger partial charge is 0.496 e. The minimum atomic E-state index is -0.332. The highest BCUT2D eigenvalue weighted by atomic mass is 79.9. The summed E-state index contributed by atoms with van der Waals surface area (Å²) < 4.78 is 16.5. The van der Waals surface area contributed by atoms with E-state index in [1.54, 1.807) is 25.3 Å². The maximum absolute atomic E-state index is 12.2. The number of rotatable bonds is 6. The van der Waals surface area contributed by atoms with Crippen LogP contribution in [0.2, 0.25) is 5.02 Å². The van der Waals surface area contributed by atoms with Crippen molar-refractivity contribution in [3.8, 4) is 17.2 Å². The maximum Gasteiger partial charge on any atom is 0.248 e. The first-order valence-corrected chi connectivity index (χ1v) is 8.39. The van der Waals surface area contributed by atoms with Gasteiger partial charge < -0.3 is 19.5 Å². The van der Waals surface area contributed by atoms with Gasteiger partial charge >= 0.3 is 0 Å². The fourth-order valence-corrected chi connectivity index (χ4v) is 2.75. The monoisotopic (exact) mass is 425 g/mol. The molecule has 2 aromatic carbocycles. The number of benzene rings is 2. The van der Waals surface area contributed by atoms with Gasteiger partial charge in [0, 0.05) is 22.2 Å². The second kappa shape index (κ2) is 8.78. The van der Waals surface area contributed by atoms with Gasteiger partial charge in [0.15, 0.2) is 0 Å². The van der Waals surface area contributed by atoms with E-state index >= 15 is 0 Å². The number of ether oxygens (including phenoxy) is 3. The number of nitrogens with one attached hydrogen (secondary N) is 1. The molecule has 2 aromatic rings. The molecule has 0 aromatic heterocycles. The first-order valence-electron chi connectivity index (χ1n) is 7.22. The molecule has 25 heavy (non-hydrogen) atoms. The Balaban J connectivity index is 2.20. The lowest BCUT2D eigenvalue weighted by atomic mass is 10.2. The molecule has 1 amide bonds. The number of hydrogen-bond donors (Lipinski definition) is 1. The molecule has 0 fully saturated rings. The second-order valence-electron chi connectivity index (χ2n) is 4.90. The first-order chi connectivity index (χ1) is 12.0. The van der Waals surface area contributed by atoms with Crippen molar-refractivity contribution < 1.29 is 19.0 Å². The van der Waals surface area contributed by atoms with Gasteiger partial charge in [-0.1, -0.05) is 27.5 Å². The van der Waals surface area contributed by atoms with Gasteiger partial charge in [-0.25, -0.2) is 0 Å². The number of methoxy groups -OCH3 is 3. The molecule has 132 valence electrons. The summed E-state index contributed by atoms with van der Waals surface area (Å²) in [5, 5.41) is 3.10. The van der Waals surface area contributed by atoms with E-state index in [1.165, 1.54) is 20.3 Å². The molecule has 0 saturated heterocycles. The third kappa shape index (κ3) is 4.90. The van der Waals surface area contributed by atoms with E-state index in [0.717, 1.165) is 10.0 Å². The molecule has 0 spiro atoms. The van der Waals surface area contributed by atoms with Crippen LogP contribution in [0.25, 0.3) is 6.08 Å². The lowest BCUT2D eigenvalue weighted by molar-refractivity contribution is -0.111. The zero-order valence-corrected chi connectivity index (χ0v) is 16.3. The fraction of sp³-hybridized carbons (Fsp3) is 0.167. The maximum atomic E-state index is 12.2. The van der Waals surface area contributed by atoms with Crippen LogP contribution < -0.4 is 19.5 Å². The fourth-order valence-electron chi connectivity index (χ4n) is 2.13. The van der Waals surface area contributed by atoms with Crippen molar-refractivity contribution in [2.24, 2.45) is 0 Å². The predicted octanol–water partition coefficient (Wildman–Crippen LogP) is 4.78. The molecule has 5 nitrogen and oxygen atoms in total. The van der Waals surface area contributed by atoms with Gasteiger partial charge in [-0.3, -0.25) is 4.79 Å². The van der Waals surface area contributed by atoms with Crippen LogP contribution in [0.4, 0.5) is 5.69 Å². The molecule has 2 rings (SSSR count). The van der Waals surface area contributed by atoms with Crippen LogP contribution in [0.15, 0.2) is 40.9 Å². The quantitative estimate of drug-likeness (QED) is 0.675. The molecular weight excluding hydrogens is 410 g/mol. The molecule has 0 unspecified atom stereocenters. The molecular formula is C18H17BrClNO4. The van der Waals surface area contributed by atoms with Crippen molar-refractivity contribution in [3.63, 3.8) is 0 Å². The summed E-state index contributed by atoms with van der Waals surface area (Å²) in [5.41, 5.74) is 1.22. The topological polar surface area (TPSA) is 56.8 Å². The Morgan fingerprint density at radius 2 is 1.72 bits per heavy atom. The van der Waals surface area contributed by atoms with E-state index in [4.69, 9.17) is 25.8 Å². The Hall–Kier alpha value is -2.18. The average molecular weight is 427 g/mol. The van der Waals surface area contributed by atoms with Gasteiger partial charge in [0.1, 0.15) is 17.2 Å². The molecule has 0 radical (unpaired) electrons. The highest BCUT2D eigenvalue weighted by Crippen LogP contribution is 2.35. The number of halogens is 2. The Morgan fingerprint density at radius 1 is 1.04 bits per heavy atom. The molecule has 0 heterocycles. The molecule has 0 aliphatic carbocycles. The highest BCUT2D eigenvalue weighted by Gasteiger charge is 2.11. The number of hydrogen-bond acceptors (Lipinski definition) is 4. The predicted molar refractivity (Wildman–Crippen MR) is 103 cm³/mol. The van der Waals surface area contributed by atoms with Crippen molar-refractivity contribution in [2.75, 3.05) is 26.6 Å². The summed E-state index contributed by atoms with van der Waals surface area (Å²) in [4.78, 5) is 12.2. The van der Waals surface area contributed by atoms with Crippen molar-refractivity contribution in [3.05, 3.63) is 51.5 Å². The third-order valence-corrected chi connectivity index (χ3v) is 4.13. The summed E-state index contributed by atoms with van der Waals surface area (Å²) in [6.45, 7) is 0. The number of amides is 1. The van der Waals surface area contributed by atoms with Gasteiger partial charge in [0.2, 0.25) is 5.91 Å².